The van der Waals surface area contributed by atoms with Gasteiger partial charge in [-0.25, -0.2) is 9.97 Å². The Bertz CT molecular complexity index is 408. The topological polar surface area (TPSA) is 37.8 Å². The van der Waals surface area contributed by atoms with Gasteiger partial charge < -0.3 is 5.32 Å². The highest BCUT2D eigenvalue weighted by molar-refractivity contribution is 7.09. The number of hydrogen-bond donors (Lipinski definition) is 1. The van der Waals surface area contributed by atoms with Crippen LogP contribution in [0.25, 0.3) is 0 Å². The highest BCUT2D eigenvalue weighted by Crippen LogP contribution is 2.16. The van der Waals surface area contributed by atoms with E-state index in [1.54, 1.807) is 22.7 Å². The van der Waals surface area contributed by atoms with E-state index >= 15 is 0 Å². The third kappa shape index (κ3) is 2.84. The van der Waals surface area contributed by atoms with Gasteiger partial charge in [0.2, 0.25) is 0 Å². The van der Waals surface area contributed by atoms with E-state index in [-0.39, 0.29) is 0 Å². The summed E-state index contributed by atoms with van der Waals surface area (Å²) >= 11 is 3.38. The molecule has 3 nitrogen and oxygen atoms in total. The molecule has 2 rings (SSSR count). The monoisotopic (exact) mass is 239 g/mol. The van der Waals surface area contributed by atoms with Gasteiger partial charge in [0.05, 0.1) is 6.04 Å². The molecule has 80 valence electrons. The molecular weight excluding hydrogens is 226 g/mol. The van der Waals surface area contributed by atoms with Crippen LogP contribution in [0.5, 0.6) is 0 Å². The molecular formula is C10H13N3S2. The Morgan fingerprint density at radius 3 is 2.93 bits per heavy atom. The molecule has 2 heterocycles. The van der Waals surface area contributed by atoms with Crippen LogP contribution in [0.1, 0.15) is 28.7 Å². The van der Waals surface area contributed by atoms with Crippen molar-refractivity contribution in [3.63, 3.8) is 0 Å². The highest BCUT2D eigenvalue weighted by atomic mass is 32.1. The molecule has 0 spiro atoms. The van der Waals surface area contributed by atoms with E-state index in [0.29, 0.717) is 6.04 Å². The normalized spacial score (nSPS) is 12.9. The molecule has 1 atom stereocenters. The predicted octanol–water partition coefficient (Wildman–Crippen LogP) is 2.76. The van der Waals surface area contributed by atoms with Gasteiger partial charge >= 0.3 is 0 Å². The maximum absolute atomic E-state index is 4.40. The summed E-state index contributed by atoms with van der Waals surface area (Å²) in [7, 11) is 0. The molecule has 0 bridgehead atoms. The molecule has 0 aromatic carbocycles. The highest BCUT2D eigenvalue weighted by Gasteiger charge is 2.07. The van der Waals surface area contributed by atoms with Crippen LogP contribution >= 0.6 is 22.7 Å². The van der Waals surface area contributed by atoms with Crippen molar-refractivity contribution in [1.29, 1.82) is 0 Å². The van der Waals surface area contributed by atoms with Crippen LogP contribution in [0.2, 0.25) is 0 Å². The van der Waals surface area contributed by atoms with E-state index in [4.69, 9.17) is 0 Å². The number of nitrogens with zero attached hydrogens (tertiary/aromatic N) is 2. The van der Waals surface area contributed by atoms with Crippen molar-refractivity contribution in [3.8, 4) is 0 Å². The van der Waals surface area contributed by atoms with Crippen molar-refractivity contribution in [2.24, 2.45) is 0 Å². The van der Waals surface area contributed by atoms with Gasteiger partial charge in [0.1, 0.15) is 10.0 Å². The van der Waals surface area contributed by atoms with Gasteiger partial charge in [-0.2, -0.15) is 0 Å². The quantitative estimate of drug-likeness (QED) is 0.891. The first-order chi connectivity index (χ1) is 7.25. The summed E-state index contributed by atoms with van der Waals surface area (Å²) in [5.41, 5.74) is 1.10. The number of aryl methyl sites for hydroxylation is 1. The van der Waals surface area contributed by atoms with Crippen molar-refractivity contribution >= 4 is 22.7 Å². The van der Waals surface area contributed by atoms with Gasteiger partial charge in [-0.1, -0.05) is 0 Å². The average Bonchev–Trinajstić information content (AvgIpc) is 2.84. The molecule has 0 aliphatic heterocycles. The minimum absolute atomic E-state index is 0.300. The molecule has 0 aliphatic carbocycles. The van der Waals surface area contributed by atoms with Gasteiger partial charge in [-0.3, -0.25) is 0 Å². The Hall–Kier alpha value is -0.780. The van der Waals surface area contributed by atoms with Crippen LogP contribution in [0, 0.1) is 6.92 Å². The van der Waals surface area contributed by atoms with Crippen molar-refractivity contribution in [2.75, 3.05) is 0 Å². The molecule has 0 saturated carbocycles. The summed E-state index contributed by atoms with van der Waals surface area (Å²) in [6.07, 6.45) is 1.84. The summed E-state index contributed by atoms with van der Waals surface area (Å²) in [6.45, 7) is 4.96. The van der Waals surface area contributed by atoms with Crippen LogP contribution in [0.3, 0.4) is 0 Å². The zero-order chi connectivity index (χ0) is 10.7. The van der Waals surface area contributed by atoms with Gasteiger partial charge in [0.15, 0.2) is 0 Å². The fraction of sp³-hybridized carbons (Fsp3) is 0.400. The Balaban J connectivity index is 1.88. The van der Waals surface area contributed by atoms with Gasteiger partial charge in [-0.05, 0) is 13.8 Å². The second kappa shape index (κ2) is 4.83. The zero-order valence-corrected chi connectivity index (χ0v) is 10.4. The largest absolute Gasteiger partial charge is 0.302 e. The summed E-state index contributed by atoms with van der Waals surface area (Å²) in [4.78, 5) is 8.68. The molecule has 0 fully saturated rings. The Labute approximate surface area is 97.2 Å². The zero-order valence-electron chi connectivity index (χ0n) is 8.73. The standard InChI is InChI=1S/C10H13N3S2/c1-7-6-15-9(13-7)5-12-8(2)10-11-3-4-14-10/h3-4,6,8,12H,5H2,1-2H3. The first kappa shape index (κ1) is 10.7. The van der Waals surface area contributed by atoms with Crippen LogP contribution in [0.4, 0.5) is 0 Å². The average molecular weight is 239 g/mol. The predicted molar refractivity (Wildman–Crippen MR) is 64.2 cm³/mol. The lowest BCUT2D eigenvalue weighted by atomic mass is 10.3. The number of hydrogen-bond acceptors (Lipinski definition) is 5. The van der Waals surface area contributed by atoms with Crippen LogP contribution in [-0.4, -0.2) is 9.97 Å². The molecule has 2 aromatic rings. The first-order valence-corrected chi connectivity index (χ1v) is 6.55. The SMILES string of the molecule is Cc1csc(CNC(C)c2nccs2)n1. The smallest absolute Gasteiger partial charge is 0.109 e. The third-order valence-electron chi connectivity index (χ3n) is 2.05. The second-order valence-electron chi connectivity index (χ2n) is 3.36. The van der Waals surface area contributed by atoms with E-state index < -0.39 is 0 Å². The maximum atomic E-state index is 4.40. The van der Waals surface area contributed by atoms with Crippen LogP contribution in [0.15, 0.2) is 17.0 Å². The number of nitrogens with one attached hydrogen (secondary N) is 1. The molecule has 0 aliphatic rings. The van der Waals surface area contributed by atoms with E-state index in [1.165, 1.54) is 0 Å². The lowest BCUT2D eigenvalue weighted by Crippen LogP contribution is -2.17. The fourth-order valence-corrected chi connectivity index (χ4v) is 2.65. The van der Waals surface area contributed by atoms with Gasteiger partial charge in [0.25, 0.3) is 0 Å². The first-order valence-electron chi connectivity index (χ1n) is 4.79. The molecule has 0 amide bonds. The van der Waals surface area contributed by atoms with E-state index in [0.717, 1.165) is 22.3 Å². The van der Waals surface area contributed by atoms with E-state index in [1.807, 2.05) is 18.5 Å². The molecule has 0 radical (unpaired) electrons. The maximum Gasteiger partial charge on any atom is 0.109 e. The summed E-state index contributed by atoms with van der Waals surface area (Å²) in [5, 5.41) is 9.75. The second-order valence-corrected chi connectivity index (χ2v) is 5.22. The third-order valence-corrected chi connectivity index (χ3v) is 3.97. The number of thiazole rings is 2. The van der Waals surface area contributed by atoms with E-state index in [2.05, 4.69) is 27.6 Å². The lowest BCUT2D eigenvalue weighted by molar-refractivity contribution is 0.570. The van der Waals surface area contributed by atoms with Crippen molar-refractivity contribution in [3.05, 3.63) is 32.7 Å². The molecule has 5 heteroatoms. The molecule has 2 aromatic heterocycles. The van der Waals surface area contributed by atoms with Gasteiger partial charge in [-0.15, -0.1) is 22.7 Å². The van der Waals surface area contributed by atoms with Crippen molar-refractivity contribution < 1.29 is 0 Å². The Morgan fingerprint density at radius 1 is 1.47 bits per heavy atom. The van der Waals surface area contributed by atoms with E-state index in [9.17, 15) is 0 Å². The van der Waals surface area contributed by atoms with Crippen molar-refractivity contribution in [1.82, 2.24) is 15.3 Å². The fourth-order valence-electron chi connectivity index (χ4n) is 1.26. The summed E-state index contributed by atoms with van der Waals surface area (Å²) in [6, 6.07) is 0.300. The number of rotatable bonds is 4. The number of aromatic nitrogens is 2. The minimum Gasteiger partial charge on any atom is -0.302 e. The molecule has 1 N–H and O–H groups in total. The van der Waals surface area contributed by atoms with Crippen molar-refractivity contribution in [2.45, 2.75) is 26.4 Å². The van der Waals surface area contributed by atoms with Crippen LogP contribution in [-0.2, 0) is 6.54 Å². The summed E-state index contributed by atoms with van der Waals surface area (Å²) in [5.74, 6) is 0. The molecule has 0 saturated heterocycles. The van der Waals surface area contributed by atoms with Crippen LogP contribution < -0.4 is 5.32 Å². The molecule has 15 heavy (non-hydrogen) atoms. The lowest BCUT2D eigenvalue weighted by Gasteiger charge is -2.08. The summed E-state index contributed by atoms with van der Waals surface area (Å²) < 4.78 is 0. The van der Waals surface area contributed by atoms with Gasteiger partial charge in [0, 0.05) is 29.2 Å². The minimum atomic E-state index is 0.300. The Morgan fingerprint density at radius 2 is 2.33 bits per heavy atom. The molecule has 1 unspecified atom stereocenters. The Kier molecular flexibility index (Phi) is 3.45.